The van der Waals surface area contributed by atoms with Crippen LogP contribution in [0.25, 0.3) is 0 Å². The first-order chi connectivity index (χ1) is 9.60. The molecule has 0 spiro atoms. The van der Waals surface area contributed by atoms with Crippen molar-refractivity contribution in [2.24, 2.45) is 0 Å². The van der Waals surface area contributed by atoms with E-state index in [0.717, 1.165) is 0 Å². The maximum atomic E-state index is 13.4. The molecule has 1 heterocycles. The summed E-state index contributed by atoms with van der Waals surface area (Å²) in [6.07, 6.45) is 0. The fourth-order valence-corrected chi connectivity index (χ4v) is 1.58. The van der Waals surface area contributed by atoms with E-state index < -0.39 is 11.7 Å². The van der Waals surface area contributed by atoms with Crippen LogP contribution in [0.15, 0.2) is 34.7 Å². The number of rotatable bonds is 2. The first-order valence-electron chi connectivity index (χ1n) is 5.87. The molecule has 1 aromatic carbocycles. The molecule has 2 aromatic rings. The number of carbonyl (C=O) groups is 1. The summed E-state index contributed by atoms with van der Waals surface area (Å²) in [5.74, 6) is 4.69. The average Bonchev–Trinajstić information content (AvgIpc) is 2.86. The number of nitrogens with one attached hydrogen (secondary N) is 1. The lowest BCUT2D eigenvalue weighted by Gasteiger charge is -2.04. The zero-order chi connectivity index (χ0) is 14.5. The molecule has 2 N–H and O–H groups in total. The second-order valence-electron chi connectivity index (χ2n) is 4.02. The molecule has 2 rings (SSSR count). The van der Waals surface area contributed by atoms with Crippen LogP contribution in [0.5, 0.6) is 0 Å². The van der Waals surface area contributed by atoms with Gasteiger partial charge in [-0.25, -0.2) is 4.39 Å². The highest BCUT2D eigenvalue weighted by Crippen LogP contribution is 2.16. The summed E-state index contributed by atoms with van der Waals surface area (Å²) in [6, 6.07) is 7.25. The first kappa shape index (κ1) is 13.8. The summed E-state index contributed by atoms with van der Waals surface area (Å²) < 4.78 is 18.6. The number of aryl methyl sites for hydroxylation is 1. The van der Waals surface area contributed by atoms with Gasteiger partial charge in [0.25, 0.3) is 5.91 Å². The van der Waals surface area contributed by atoms with E-state index in [0.29, 0.717) is 11.4 Å². The molecule has 0 atom stereocenters. The standard InChI is InChI=1S/C15H12FNO3/c1-10-4-7-14(20-10)15(19)17-12-5-6-13(16)11(9-12)3-2-8-18/h4-7,9,18H,8H2,1H3,(H,17,19). The van der Waals surface area contributed by atoms with Crippen molar-refractivity contribution in [1.82, 2.24) is 0 Å². The van der Waals surface area contributed by atoms with Crippen molar-refractivity contribution >= 4 is 11.6 Å². The molecule has 0 radical (unpaired) electrons. The van der Waals surface area contributed by atoms with Crippen LogP contribution >= 0.6 is 0 Å². The Morgan fingerprint density at radius 2 is 2.20 bits per heavy atom. The van der Waals surface area contributed by atoms with Crippen LogP contribution < -0.4 is 5.32 Å². The molecule has 5 heteroatoms. The molecule has 4 nitrogen and oxygen atoms in total. The molecule has 0 bridgehead atoms. The van der Waals surface area contributed by atoms with Gasteiger partial charge in [0.2, 0.25) is 0 Å². The van der Waals surface area contributed by atoms with Gasteiger partial charge in [0.05, 0.1) is 5.56 Å². The molecule has 0 saturated carbocycles. The smallest absolute Gasteiger partial charge is 0.291 e. The summed E-state index contributed by atoms with van der Waals surface area (Å²) in [5, 5.41) is 11.2. The van der Waals surface area contributed by atoms with E-state index in [1.54, 1.807) is 19.1 Å². The zero-order valence-corrected chi connectivity index (χ0v) is 10.7. The van der Waals surface area contributed by atoms with E-state index in [1.165, 1.54) is 18.2 Å². The number of hydrogen-bond donors (Lipinski definition) is 2. The van der Waals surface area contributed by atoms with Gasteiger partial charge in [0.15, 0.2) is 5.76 Å². The molecule has 0 aliphatic heterocycles. The molecule has 0 fully saturated rings. The Morgan fingerprint density at radius 1 is 1.40 bits per heavy atom. The lowest BCUT2D eigenvalue weighted by molar-refractivity contribution is 0.0995. The van der Waals surface area contributed by atoms with Gasteiger partial charge in [0, 0.05) is 5.69 Å². The minimum absolute atomic E-state index is 0.104. The minimum Gasteiger partial charge on any atom is -0.456 e. The molecule has 20 heavy (non-hydrogen) atoms. The van der Waals surface area contributed by atoms with Gasteiger partial charge in [0.1, 0.15) is 18.2 Å². The molecule has 0 unspecified atom stereocenters. The molecular weight excluding hydrogens is 261 g/mol. The van der Waals surface area contributed by atoms with Crippen LogP contribution in [0.1, 0.15) is 21.9 Å². The third-order valence-electron chi connectivity index (χ3n) is 2.49. The normalized spacial score (nSPS) is 9.75. The van der Waals surface area contributed by atoms with Gasteiger partial charge >= 0.3 is 0 Å². The van der Waals surface area contributed by atoms with Crippen molar-refractivity contribution < 1.29 is 18.7 Å². The molecule has 0 saturated heterocycles. The van der Waals surface area contributed by atoms with Crippen LogP contribution in [0, 0.1) is 24.6 Å². The van der Waals surface area contributed by atoms with Gasteiger partial charge < -0.3 is 14.8 Å². The highest BCUT2D eigenvalue weighted by molar-refractivity contribution is 6.02. The summed E-state index contributed by atoms with van der Waals surface area (Å²) in [5.41, 5.74) is 0.500. The number of benzene rings is 1. The predicted octanol–water partition coefficient (Wildman–Crippen LogP) is 2.32. The molecule has 1 amide bonds. The first-order valence-corrected chi connectivity index (χ1v) is 5.87. The van der Waals surface area contributed by atoms with E-state index in [2.05, 4.69) is 17.2 Å². The van der Waals surface area contributed by atoms with Crippen LogP contribution in [0.4, 0.5) is 10.1 Å². The summed E-state index contributed by atoms with van der Waals surface area (Å²) >= 11 is 0. The van der Waals surface area contributed by atoms with E-state index in [1.807, 2.05) is 0 Å². The predicted molar refractivity (Wildman–Crippen MR) is 71.8 cm³/mol. The minimum atomic E-state index is -0.516. The second-order valence-corrected chi connectivity index (χ2v) is 4.02. The molecule has 102 valence electrons. The van der Waals surface area contributed by atoms with E-state index in [-0.39, 0.29) is 17.9 Å². The Bertz CT molecular complexity index is 695. The summed E-state index contributed by atoms with van der Waals surface area (Å²) in [7, 11) is 0. The van der Waals surface area contributed by atoms with Gasteiger partial charge in [-0.15, -0.1) is 0 Å². The van der Waals surface area contributed by atoms with Crippen LogP contribution in [0.3, 0.4) is 0 Å². The SMILES string of the molecule is Cc1ccc(C(=O)Nc2ccc(F)c(C#CCO)c2)o1. The van der Waals surface area contributed by atoms with Crippen molar-refractivity contribution in [2.45, 2.75) is 6.92 Å². The number of halogens is 1. The van der Waals surface area contributed by atoms with Gasteiger partial charge in [-0.1, -0.05) is 11.8 Å². The van der Waals surface area contributed by atoms with Crippen molar-refractivity contribution in [2.75, 3.05) is 11.9 Å². The molecular formula is C15H12FNO3. The van der Waals surface area contributed by atoms with Crippen LogP contribution in [0.2, 0.25) is 0 Å². The highest BCUT2D eigenvalue weighted by atomic mass is 19.1. The average molecular weight is 273 g/mol. The van der Waals surface area contributed by atoms with E-state index >= 15 is 0 Å². The topological polar surface area (TPSA) is 62.5 Å². The Kier molecular flexibility index (Phi) is 4.18. The largest absolute Gasteiger partial charge is 0.456 e. The molecule has 0 aliphatic rings. The van der Waals surface area contributed by atoms with Crippen molar-refractivity contribution in [1.29, 1.82) is 0 Å². The van der Waals surface area contributed by atoms with Crippen molar-refractivity contribution in [3.05, 3.63) is 53.2 Å². The van der Waals surface area contributed by atoms with Crippen LogP contribution in [-0.2, 0) is 0 Å². The Morgan fingerprint density at radius 3 is 2.85 bits per heavy atom. The number of carbonyl (C=O) groups excluding carboxylic acids is 1. The molecule has 1 aromatic heterocycles. The number of aliphatic hydroxyl groups excluding tert-OH is 1. The zero-order valence-electron chi connectivity index (χ0n) is 10.7. The second kappa shape index (κ2) is 6.04. The number of amides is 1. The number of aliphatic hydroxyl groups is 1. The van der Waals surface area contributed by atoms with Crippen molar-refractivity contribution in [3.63, 3.8) is 0 Å². The maximum absolute atomic E-state index is 13.4. The van der Waals surface area contributed by atoms with E-state index in [9.17, 15) is 9.18 Å². The van der Waals surface area contributed by atoms with Gasteiger partial charge in [-0.05, 0) is 37.3 Å². The number of furan rings is 1. The Balaban J connectivity index is 2.19. The third kappa shape index (κ3) is 3.25. The third-order valence-corrected chi connectivity index (χ3v) is 2.49. The van der Waals surface area contributed by atoms with Crippen LogP contribution in [-0.4, -0.2) is 17.6 Å². The van der Waals surface area contributed by atoms with Crippen molar-refractivity contribution in [3.8, 4) is 11.8 Å². The summed E-state index contributed by atoms with van der Waals surface area (Å²) in [6.45, 7) is 1.37. The lowest BCUT2D eigenvalue weighted by atomic mass is 10.2. The highest BCUT2D eigenvalue weighted by Gasteiger charge is 2.11. The monoisotopic (exact) mass is 273 g/mol. The Labute approximate surface area is 115 Å². The fourth-order valence-electron chi connectivity index (χ4n) is 1.58. The lowest BCUT2D eigenvalue weighted by Crippen LogP contribution is -2.11. The quantitative estimate of drug-likeness (QED) is 0.825. The van der Waals surface area contributed by atoms with Gasteiger partial charge in [-0.3, -0.25) is 4.79 Å². The molecule has 0 aliphatic carbocycles. The number of anilines is 1. The number of hydrogen-bond acceptors (Lipinski definition) is 3. The maximum Gasteiger partial charge on any atom is 0.291 e. The fraction of sp³-hybridized carbons (Fsp3) is 0.133. The Hall–Kier alpha value is -2.58. The summed E-state index contributed by atoms with van der Waals surface area (Å²) in [4.78, 5) is 11.9. The van der Waals surface area contributed by atoms with Gasteiger partial charge in [-0.2, -0.15) is 0 Å². The van der Waals surface area contributed by atoms with E-state index in [4.69, 9.17) is 9.52 Å².